The first-order valence-electron chi connectivity index (χ1n) is 6.72. The quantitative estimate of drug-likeness (QED) is 0.883. The largest absolute Gasteiger partial charge is 0.481 e. The molecule has 0 aromatic heterocycles. The van der Waals surface area contributed by atoms with E-state index in [0.29, 0.717) is 10.5 Å². The van der Waals surface area contributed by atoms with Gasteiger partial charge in [-0.15, -0.1) is 23.5 Å². The first-order valence-corrected chi connectivity index (χ1v) is 8.65. The van der Waals surface area contributed by atoms with Gasteiger partial charge in [-0.2, -0.15) is 0 Å². The number of hydrogen-bond donors (Lipinski definition) is 1. The second-order valence-corrected chi connectivity index (χ2v) is 7.54. The Labute approximate surface area is 123 Å². The second-order valence-electron chi connectivity index (χ2n) is 5.00. The fourth-order valence-electron chi connectivity index (χ4n) is 2.36. The molecule has 1 saturated carbocycles. The monoisotopic (exact) mass is 296 g/mol. The summed E-state index contributed by atoms with van der Waals surface area (Å²) in [6.07, 6.45) is 4.87. The van der Waals surface area contributed by atoms with E-state index in [2.05, 4.69) is 31.2 Å². The second kappa shape index (κ2) is 7.25. The molecule has 1 aliphatic carbocycles. The zero-order valence-corrected chi connectivity index (χ0v) is 12.8. The van der Waals surface area contributed by atoms with Gasteiger partial charge in [0, 0.05) is 15.4 Å². The molecule has 0 radical (unpaired) electrons. The van der Waals surface area contributed by atoms with Crippen molar-refractivity contribution in [2.45, 2.75) is 48.0 Å². The molecule has 0 heterocycles. The van der Waals surface area contributed by atoms with Crippen molar-refractivity contribution in [2.24, 2.45) is 0 Å². The molecule has 2 nitrogen and oxygen atoms in total. The summed E-state index contributed by atoms with van der Waals surface area (Å²) in [5.74, 6) is -0.468. The smallest absolute Gasteiger partial charge is 0.313 e. The van der Waals surface area contributed by atoms with Crippen LogP contribution in [0, 0.1) is 6.92 Å². The zero-order chi connectivity index (χ0) is 13.7. The molecule has 2 rings (SSSR count). The Balaban J connectivity index is 1.95. The third-order valence-corrected chi connectivity index (χ3v) is 6.36. The van der Waals surface area contributed by atoms with Gasteiger partial charge in [0.2, 0.25) is 0 Å². The average molecular weight is 296 g/mol. The number of carbonyl (C=O) groups is 1. The molecule has 2 unspecified atom stereocenters. The van der Waals surface area contributed by atoms with Crippen molar-refractivity contribution in [3.05, 3.63) is 29.8 Å². The van der Waals surface area contributed by atoms with Gasteiger partial charge in [-0.3, -0.25) is 4.79 Å². The van der Waals surface area contributed by atoms with Crippen LogP contribution in [0.5, 0.6) is 0 Å². The minimum atomic E-state index is -0.699. The molecule has 0 aliphatic heterocycles. The lowest BCUT2D eigenvalue weighted by Gasteiger charge is -2.30. The van der Waals surface area contributed by atoms with Gasteiger partial charge >= 0.3 is 5.97 Å². The van der Waals surface area contributed by atoms with Crippen LogP contribution in [-0.2, 0) is 4.79 Å². The van der Waals surface area contributed by atoms with E-state index in [1.54, 1.807) is 11.8 Å². The summed E-state index contributed by atoms with van der Waals surface area (Å²) in [6, 6.07) is 8.64. The van der Waals surface area contributed by atoms with Crippen LogP contribution in [0.4, 0.5) is 0 Å². The summed E-state index contributed by atoms with van der Waals surface area (Å²) in [6.45, 7) is 2.10. The van der Waals surface area contributed by atoms with Crippen LogP contribution >= 0.6 is 23.5 Å². The number of benzene rings is 1. The topological polar surface area (TPSA) is 37.3 Å². The molecule has 0 spiro atoms. The third kappa shape index (κ3) is 4.77. The van der Waals surface area contributed by atoms with E-state index in [1.807, 2.05) is 11.8 Å². The highest BCUT2D eigenvalue weighted by Gasteiger charge is 2.26. The fraction of sp³-hybridized carbons (Fsp3) is 0.533. The molecule has 0 amide bonds. The molecule has 0 saturated heterocycles. The maximum absolute atomic E-state index is 10.7. The van der Waals surface area contributed by atoms with E-state index < -0.39 is 5.97 Å². The minimum Gasteiger partial charge on any atom is -0.481 e. The van der Waals surface area contributed by atoms with E-state index in [9.17, 15) is 4.79 Å². The first kappa shape index (κ1) is 14.8. The zero-order valence-electron chi connectivity index (χ0n) is 11.2. The molecule has 1 aliphatic rings. The van der Waals surface area contributed by atoms with Crippen LogP contribution in [0.3, 0.4) is 0 Å². The van der Waals surface area contributed by atoms with Gasteiger partial charge in [0.15, 0.2) is 0 Å². The van der Waals surface area contributed by atoms with Gasteiger partial charge < -0.3 is 5.11 Å². The molecule has 4 heteroatoms. The van der Waals surface area contributed by atoms with Crippen LogP contribution in [0.15, 0.2) is 29.2 Å². The van der Waals surface area contributed by atoms with Gasteiger partial charge in [-0.25, -0.2) is 0 Å². The molecular formula is C15H20O2S2. The van der Waals surface area contributed by atoms with Crippen LogP contribution in [0.1, 0.15) is 31.2 Å². The van der Waals surface area contributed by atoms with Crippen LogP contribution in [0.25, 0.3) is 0 Å². The van der Waals surface area contributed by atoms with E-state index in [4.69, 9.17) is 5.11 Å². The lowest BCUT2D eigenvalue weighted by Crippen LogP contribution is -2.25. The first-order chi connectivity index (χ1) is 9.15. The summed E-state index contributed by atoms with van der Waals surface area (Å²) in [4.78, 5) is 12.0. The minimum absolute atomic E-state index is 0.232. The average Bonchev–Trinajstić information content (AvgIpc) is 2.40. The summed E-state index contributed by atoms with van der Waals surface area (Å²) in [7, 11) is 0. The summed E-state index contributed by atoms with van der Waals surface area (Å²) >= 11 is 3.53. The number of aryl methyl sites for hydroxylation is 1. The van der Waals surface area contributed by atoms with E-state index in [1.165, 1.54) is 29.7 Å². The van der Waals surface area contributed by atoms with Crippen LogP contribution in [0.2, 0.25) is 0 Å². The molecular weight excluding hydrogens is 276 g/mol. The van der Waals surface area contributed by atoms with Crippen molar-refractivity contribution in [3.8, 4) is 0 Å². The predicted octanol–water partition coefficient (Wildman–Crippen LogP) is 4.22. The van der Waals surface area contributed by atoms with Crippen molar-refractivity contribution < 1.29 is 9.90 Å². The van der Waals surface area contributed by atoms with Crippen molar-refractivity contribution in [1.82, 2.24) is 0 Å². The van der Waals surface area contributed by atoms with Crippen LogP contribution in [-0.4, -0.2) is 27.3 Å². The normalized spacial score (nSPS) is 23.2. The Morgan fingerprint density at radius 3 is 2.47 bits per heavy atom. The number of thioether (sulfide) groups is 2. The van der Waals surface area contributed by atoms with Crippen molar-refractivity contribution >= 4 is 29.5 Å². The molecule has 1 fully saturated rings. The maximum atomic E-state index is 10.7. The summed E-state index contributed by atoms with van der Waals surface area (Å²) in [5, 5.41) is 9.86. The molecule has 1 aromatic rings. The third-order valence-electron chi connectivity index (χ3n) is 3.37. The Bertz CT molecular complexity index is 417. The molecule has 2 atom stereocenters. The highest BCUT2D eigenvalue weighted by molar-refractivity contribution is 8.04. The van der Waals surface area contributed by atoms with E-state index >= 15 is 0 Å². The Morgan fingerprint density at radius 2 is 1.84 bits per heavy atom. The van der Waals surface area contributed by atoms with Gasteiger partial charge in [0.25, 0.3) is 0 Å². The Hall–Kier alpha value is -0.610. The highest BCUT2D eigenvalue weighted by Crippen LogP contribution is 2.39. The van der Waals surface area contributed by atoms with E-state index in [0.717, 1.165) is 6.42 Å². The number of carboxylic acids is 1. The van der Waals surface area contributed by atoms with Crippen molar-refractivity contribution in [1.29, 1.82) is 0 Å². The number of aliphatic carboxylic acids is 1. The molecule has 1 N–H and O–H groups in total. The highest BCUT2D eigenvalue weighted by atomic mass is 32.2. The molecule has 104 valence electrons. The lowest BCUT2D eigenvalue weighted by atomic mass is 10.00. The lowest BCUT2D eigenvalue weighted by molar-refractivity contribution is -0.133. The van der Waals surface area contributed by atoms with Gasteiger partial charge in [0.1, 0.15) is 0 Å². The molecule has 19 heavy (non-hydrogen) atoms. The van der Waals surface area contributed by atoms with Crippen molar-refractivity contribution in [2.75, 3.05) is 5.75 Å². The van der Waals surface area contributed by atoms with Crippen molar-refractivity contribution in [3.63, 3.8) is 0 Å². The Kier molecular flexibility index (Phi) is 5.64. The van der Waals surface area contributed by atoms with E-state index in [-0.39, 0.29) is 5.75 Å². The summed E-state index contributed by atoms with van der Waals surface area (Å²) in [5.41, 5.74) is 1.28. The fourth-order valence-corrected chi connectivity index (χ4v) is 5.02. The number of carboxylic acid groups (broad SMARTS) is 1. The summed E-state index contributed by atoms with van der Waals surface area (Å²) < 4.78 is 0. The van der Waals surface area contributed by atoms with Gasteiger partial charge in [-0.1, -0.05) is 30.5 Å². The number of rotatable bonds is 5. The molecule has 0 bridgehead atoms. The predicted molar refractivity (Wildman–Crippen MR) is 83.2 cm³/mol. The van der Waals surface area contributed by atoms with Crippen LogP contribution < -0.4 is 0 Å². The van der Waals surface area contributed by atoms with Gasteiger partial charge in [-0.05, 0) is 31.9 Å². The molecule has 1 aromatic carbocycles. The Morgan fingerprint density at radius 1 is 1.21 bits per heavy atom. The SMILES string of the molecule is Cc1ccc(SC2CCCCC2SCC(=O)O)cc1. The number of hydrogen-bond acceptors (Lipinski definition) is 3. The maximum Gasteiger partial charge on any atom is 0.313 e. The van der Waals surface area contributed by atoms with Gasteiger partial charge in [0.05, 0.1) is 5.75 Å². The standard InChI is InChI=1S/C15H20O2S2/c1-11-6-8-12(9-7-11)19-14-5-3-2-4-13(14)18-10-15(16)17/h6-9,13-14H,2-5,10H2,1H3,(H,16,17).